The number of carboxylic acid groups (broad SMARTS) is 1. The first-order valence-electron chi connectivity index (χ1n) is 35.3. The molecule has 9 amide bonds. The highest BCUT2D eigenvalue weighted by Crippen LogP contribution is 2.61. The molecule has 4 bridgehead atoms. The van der Waals surface area contributed by atoms with Crippen LogP contribution in [-0.2, 0) is 67.2 Å². The first-order valence-corrected chi connectivity index (χ1v) is 35.3. The van der Waals surface area contributed by atoms with E-state index in [0.29, 0.717) is 47.3 Å². The lowest BCUT2D eigenvalue weighted by atomic mass is 9.49. The number of guanidine groups is 3. The zero-order chi connectivity index (χ0) is 72.3. The number of amides is 9. The van der Waals surface area contributed by atoms with Crippen LogP contribution in [0.2, 0.25) is 0 Å². The number of aliphatic carboxylic acids is 1. The van der Waals surface area contributed by atoms with E-state index in [1.807, 2.05) is 0 Å². The molecule has 9 atom stereocenters. The number of carbonyl (C=O) groups is 10. The second-order valence-corrected chi connectivity index (χ2v) is 28.1. The number of β-amino-alcohol motifs (C(OH)–C–C–N with tert-alkyl or cyclic N) is 1. The van der Waals surface area contributed by atoms with Gasteiger partial charge in [0.25, 0.3) is 0 Å². The molecule has 546 valence electrons. The number of carboxylic acids is 1. The third kappa shape index (κ3) is 20.9. The number of aliphatic imine (C=N–C) groups is 3. The summed E-state index contributed by atoms with van der Waals surface area (Å²) in [6, 6.07) is 16.8. The molecule has 3 heterocycles. The number of nitrogens with two attached hydrogens (primary N) is 6. The molecule has 3 saturated heterocycles. The molecule has 3 aromatic carbocycles. The minimum Gasteiger partial charge on any atom is -0.480 e. The second-order valence-electron chi connectivity index (χ2n) is 28.1. The molecule has 30 heteroatoms. The van der Waals surface area contributed by atoms with Crippen LogP contribution in [0.1, 0.15) is 119 Å². The van der Waals surface area contributed by atoms with Crippen LogP contribution >= 0.6 is 0 Å². The van der Waals surface area contributed by atoms with Gasteiger partial charge in [0, 0.05) is 77.9 Å². The minimum absolute atomic E-state index is 0.00464. The van der Waals surface area contributed by atoms with E-state index in [4.69, 9.17) is 34.4 Å². The van der Waals surface area contributed by atoms with Crippen molar-refractivity contribution in [1.82, 2.24) is 46.2 Å². The molecule has 0 aromatic heterocycles. The Morgan fingerprint density at radius 1 is 0.545 bits per heavy atom. The number of nitrogens with one attached hydrogen (secondary N) is 5. The van der Waals surface area contributed by atoms with Gasteiger partial charge in [0.2, 0.25) is 53.2 Å². The first-order chi connectivity index (χ1) is 48.4. The average molecular weight is 1400 g/mol. The smallest absolute Gasteiger partial charge is 0.326 e. The number of aliphatic hydroxyl groups excluding tert-OH is 1. The molecule has 0 spiro atoms. The Morgan fingerprint density at radius 2 is 1.05 bits per heavy atom. The molecule has 7 fully saturated rings. The summed E-state index contributed by atoms with van der Waals surface area (Å²) >= 11 is 0. The Bertz CT molecular complexity index is 3460. The van der Waals surface area contributed by atoms with Crippen LogP contribution in [0.5, 0.6) is 0 Å². The highest BCUT2D eigenvalue weighted by molar-refractivity contribution is 5.99. The Labute approximate surface area is 588 Å². The Hall–Kier alpha value is -9.87. The standard InChI is InChI=1S/C71H100N18O12/c72-68(73)78-24-10-20-50(82-58(91)40-71-37-46-30-47(38-71)32-48(31-46)39-71)60(93)84-51(21-11-25-79-69(74)75)63(96)86-27-13-23-54(86)65(98)89-42-49(90)36-56(89)61(94)81-41-59(92)83-53(33-43-14-4-1-5-15-43)64(97)88-29-28-87(66(99)57(88)35-45-18-8-3-9-19-45)55(34-44-16-6-2-7-17-44)62(95)85-52(67(100)101)22-12-26-80-70(76)77/h1-9,14-19,46-57,90H,10-13,20-42H2,(H,81,94)(H,82,91)(H,83,92)(H,84,93)(H,85,95)(H,100,101)(H4,72,73,78)(H4,74,75,79)(H4,76,77,80)/t46?,47?,48?,49-,50-,51+,52+,53+,54+,55+,56+,57+,71?/m1/s1. The van der Waals surface area contributed by atoms with Crippen LogP contribution in [-0.4, -0.2) is 214 Å². The van der Waals surface area contributed by atoms with Gasteiger partial charge in [-0.25, -0.2) is 4.79 Å². The maximum absolute atomic E-state index is 15.3. The number of piperazine rings is 1. The number of likely N-dealkylation sites (tertiary alicyclic amines) is 2. The average Bonchev–Trinajstić information content (AvgIpc) is 1.49. The van der Waals surface area contributed by atoms with E-state index >= 15 is 9.59 Å². The SMILES string of the molecule is NC(N)=NCCC[C@H](NC(=O)[C@H](Cc1ccccc1)N1CCN(C(=O)[C@H](Cc2ccccc2)NC(=O)CNC(=O)[C@@H]2C[C@@H](O)CN2C(=O)[C@@H]2CCCN2C(=O)[C@H](CCCN=C(N)N)NC(=O)[C@@H](CCCN=C(N)N)NC(=O)CC23CC4CC(CC(C4)C2)C3)[C@@H](Cc2ccccc2)C1=O)C(=O)O. The molecule has 19 N–H and O–H groups in total. The van der Waals surface area contributed by atoms with Gasteiger partial charge in [0.15, 0.2) is 17.9 Å². The second kappa shape index (κ2) is 35.4. The van der Waals surface area contributed by atoms with E-state index in [1.165, 1.54) is 38.9 Å². The summed E-state index contributed by atoms with van der Waals surface area (Å²) in [5, 5.41) is 35.3. The fourth-order valence-electron chi connectivity index (χ4n) is 16.3. The van der Waals surface area contributed by atoms with Crippen LogP contribution in [0, 0.1) is 23.2 Å². The number of benzene rings is 3. The minimum atomic E-state index is -1.36. The van der Waals surface area contributed by atoms with Gasteiger partial charge < -0.3 is 90.8 Å². The van der Waals surface area contributed by atoms with Crippen molar-refractivity contribution in [3.8, 4) is 0 Å². The number of carbonyl (C=O) groups excluding carboxylic acids is 9. The molecule has 0 radical (unpaired) electrons. The van der Waals surface area contributed by atoms with E-state index in [-0.39, 0.29) is 146 Å². The van der Waals surface area contributed by atoms with Gasteiger partial charge in [-0.1, -0.05) is 91.0 Å². The van der Waals surface area contributed by atoms with Gasteiger partial charge in [0.1, 0.15) is 48.3 Å². The molecule has 10 rings (SSSR count). The van der Waals surface area contributed by atoms with Gasteiger partial charge in [0.05, 0.1) is 12.6 Å². The quantitative estimate of drug-likeness (QED) is 0.0193. The summed E-state index contributed by atoms with van der Waals surface area (Å²) in [5.41, 5.74) is 35.3. The fourth-order valence-corrected chi connectivity index (χ4v) is 16.3. The third-order valence-electron chi connectivity index (χ3n) is 20.5. The van der Waals surface area contributed by atoms with Gasteiger partial charge in [-0.2, -0.15) is 0 Å². The van der Waals surface area contributed by atoms with Crippen LogP contribution in [0.25, 0.3) is 0 Å². The predicted octanol–water partition coefficient (Wildman–Crippen LogP) is -1.02. The van der Waals surface area contributed by atoms with Crippen LogP contribution in [0.15, 0.2) is 106 Å². The lowest BCUT2D eigenvalue weighted by Crippen LogP contribution is -2.66. The predicted molar refractivity (Wildman–Crippen MR) is 376 cm³/mol. The van der Waals surface area contributed by atoms with Crippen LogP contribution < -0.4 is 61.0 Å². The van der Waals surface area contributed by atoms with Crippen molar-refractivity contribution in [2.24, 2.45) is 72.5 Å². The summed E-state index contributed by atoms with van der Waals surface area (Å²) in [4.78, 5) is 162. The molecular formula is C71H100N18O12. The maximum Gasteiger partial charge on any atom is 0.326 e. The van der Waals surface area contributed by atoms with Gasteiger partial charge in [-0.05, 0) is 130 Å². The zero-order valence-corrected chi connectivity index (χ0v) is 57.3. The lowest BCUT2D eigenvalue weighted by molar-refractivity contribution is -0.157. The van der Waals surface area contributed by atoms with Crippen molar-refractivity contribution in [3.63, 3.8) is 0 Å². The highest BCUT2D eigenvalue weighted by atomic mass is 16.4. The Kier molecular flexibility index (Phi) is 26.4. The monoisotopic (exact) mass is 1400 g/mol. The summed E-state index contributed by atoms with van der Waals surface area (Å²) in [6.45, 7) is -0.740. The van der Waals surface area contributed by atoms with Crippen molar-refractivity contribution in [2.45, 2.75) is 176 Å². The van der Waals surface area contributed by atoms with E-state index in [0.717, 1.165) is 19.3 Å². The number of hydrogen-bond donors (Lipinski definition) is 13. The summed E-state index contributed by atoms with van der Waals surface area (Å²) < 4.78 is 0. The van der Waals surface area contributed by atoms with E-state index < -0.39 is 114 Å². The largest absolute Gasteiger partial charge is 0.480 e. The molecule has 101 heavy (non-hydrogen) atoms. The topological polar surface area (TPSA) is 477 Å². The summed E-state index contributed by atoms with van der Waals surface area (Å²) in [7, 11) is 0. The van der Waals surface area contributed by atoms with Crippen LogP contribution in [0.4, 0.5) is 0 Å². The van der Waals surface area contributed by atoms with E-state index in [9.17, 15) is 48.6 Å². The van der Waals surface area contributed by atoms with Crippen LogP contribution in [0.3, 0.4) is 0 Å². The van der Waals surface area contributed by atoms with Gasteiger partial charge in [-0.15, -0.1) is 0 Å². The van der Waals surface area contributed by atoms with Crippen molar-refractivity contribution in [3.05, 3.63) is 108 Å². The highest BCUT2D eigenvalue weighted by Gasteiger charge is 2.52. The molecule has 4 aliphatic carbocycles. The molecule has 3 aromatic rings. The molecule has 4 saturated carbocycles. The van der Waals surface area contributed by atoms with Crippen molar-refractivity contribution in [1.29, 1.82) is 0 Å². The van der Waals surface area contributed by atoms with Gasteiger partial charge in [-0.3, -0.25) is 58.1 Å². The molecule has 30 nitrogen and oxygen atoms in total. The number of aliphatic hydroxyl groups is 1. The molecule has 3 aliphatic heterocycles. The fraction of sp³-hybridized carbons (Fsp3) is 0.563. The first kappa shape index (κ1) is 75.3. The lowest BCUT2D eigenvalue weighted by Gasteiger charge is -2.56. The number of rotatable bonds is 34. The zero-order valence-electron chi connectivity index (χ0n) is 57.3. The van der Waals surface area contributed by atoms with Gasteiger partial charge >= 0.3 is 5.97 Å². The van der Waals surface area contributed by atoms with Crippen molar-refractivity contribution in [2.75, 3.05) is 52.4 Å². The maximum atomic E-state index is 15.3. The summed E-state index contributed by atoms with van der Waals surface area (Å²) in [5.74, 6) is -5.66. The summed E-state index contributed by atoms with van der Waals surface area (Å²) in [6.07, 6.45) is 6.87. The molecule has 7 aliphatic rings. The number of hydrogen-bond acceptors (Lipinski definition) is 14. The van der Waals surface area contributed by atoms with Crippen molar-refractivity contribution < 1.29 is 58.2 Å². The van der Waals surface area contributed by atoms with E-state index in [1.54, 1.807) is 91.0 Å². The molecule has 0 unspecified atom stereocenters. The number of nitrogens with zero attached hydrogens (tertiary/aromatic N) is 7. The van der Waals surface area contributed by atoms with Crippen molar-refractivity contribution >= 4 is 77.0 Å². The normalized spacial score (nSPS) is 23.5. The molecular weight excluding hydrogens is 1300 g/mol. The Balaban J connectivity index is 0.880. The Morgan fingerprint density at radius 3 is 1.60 bits per heavy atom. The third-order valence-corrected chi connectivity index (χ3v) is 20.5. The van der Waals surface area contributed by atoms with E-state index in [2.05, 4.69) is 41.6 Å².